The smallest absolute Gasteiger partial charge is 0.416 e. The van der Waals surface area contributed by atoms with Gasteiger partial charge in [0.25, 0.3) is 0 Å². The van der Waals surface area contributed by atoms with Gasteiger partial charge in [0.2, 0.25) is 0 Å². The van der Waals surface area contributed by atoms with Crippen molar-refractivity contribution in [2.75, 3.05) is 19.8 Å². The molecule has 0 aliphatic carbocycles. The standard InChI is InChI=1S/C19H15F5O4S/c20-14-5-6-15(21)17-16(14)18(7-8-27-9-12(18)10-28-17)29(25,26)13-3-1-11(2-4-13)19(22,23)24/h1-6,12H,7-10H2/t12-,18+/m1/s1. The largest absolute Gasteiger partial charge is 0.490 e. The van der Waals surface area contributed by atoms with Crippen LogP contribution in [0.3, 0.4) is 0 Å². The second-order valence-corrected chi connectivity index (χ2v) is 9.19. The van der Waals surface area contributed by atoms with Gasteiger partial charge in [-0.05, 0) is 42.8 Å². The summed E-state index contributed by atoms with van der Waals surface area (Å²) in [5, 5.41) is 0. The van der Waals surface area contributed by atoms with Crippen LogP contribution in [0.15, 0.2) is 41.3 Å². The molecular formula is C19H15F5O4S. The first-order chi connectivity index (χ1) is 13.6. The number of benzene rings is 2. The monoisotopic (exact) mass is 434 g/mol. The third-order valence-electron chi connectivity index (χ3n) is 5.48. The Bertz CT molecular complexity index is 1050. The number of alkyl halides is 3. The number of rotatable bonds is 2. The Morgan fingerprint density at radius 3 is 2.28 bits per heavy atom. The van der Waals surface area contributed by atoms with E-state index in [0.29, 0.717) is 12.1 Å². The lowest BCUT2D eigenvalue weighted by Gasteiger charge is -2.46. The fourth-order valence-corrected chi connectivity index (χ4v) is 6.37. The topological polar surface area (TPSA) is 52.6 Å². The maximum atomic E-state index is 14.8. The van der Waals surface area contributed by atoms with Crippen LogP contribution in [0.2, 0.25) is 0 Å². The molecule has 10 heteroatoms. The van der Waals surface area contributed by atoms with Crippen LogP contribution in [0, 0.1) is 17.6 Å². The SMILES string of the molecule is O=S(=O)(c1ccc(C(F)(F)F)cc1)[C@@]12CCOC[C@@H]1COc1c(F)ccc(F)c12. The predicted octanol–water partition coefficient (Wildman–Crippen LogP) is 4.08. The molecule has 2 aliphatic heterocycles. The molecule has 2 aromatic rings. The van der Waals surface area contributed by atoms with Crippen molar-refractivity contribution >= 4 is 9.84 Å². The average Bonchev–Trinajstić information content (AvgIpc) is 2.69. The number of halogens is 5. The predicted molar refractivity (Wildman–Crippen MR) is 91.1 cm³/mol. The third kappa shape index (κ3) is 2.92. The lowest BCUT2D eigenvalue weighted by molar-refractivity contribution is -0.137. The molecule has 2 aromatic carbocycles. The van der Waals surface area contributed by atoms with Gasteiger partial charge in [0.15, 0.2) is 21.4 Å². The zero-order valence-electron chi connectivity index (χ0n) is 14.8. The van der Waals surface area contributed by atoms with E-state index in [1.807, 2.05) is 0 Å². The van der Waals surface area contributed by atoms with Crippen molar-refractivity contribution in [1.29, 1.82) is 0 Å². The lowest BCUT2D eigenvalue weighted by atomic mass is 9.79. The number of fused-ring (bicyclic) bond motifs is 3. The molecule has 0 amide bonds. The average molecular weight is 434 g/mol. The van der Waals surface area contributed by atoms with E-state index in [0.717, 1.165) is 24.3 Å². The molecule has 0 spiro atoms. The molecule has 0 radical (unpaired) electrons. The van der Waals surface area contributed by atoms with E-state index >= 15 is 0 Å². The van der Waals surface area contributed by atoms with Gasteiger partial charge in [0.05, 0.1) is 29.2 Å². The summed E-state index contributed by atoms with van der Waals surface area (Å²) in [6.07, 6.45) is -4.82. The minimum absolute atomic E-state index is 0.0360. The Morgan fingerprint density at radius 2 is 1.62 bits per heavy atom. The second kappa shape index (κ2) is 6.66. The minimum atomic E-state index is -4.64. The molecule has 2 heterocycles. The first-order valence-corrected chi connectivity index (χ1v) is 10.2. The van der Waals surface area contributed by atoms with E-state index in [1.54, 1.807) is 0 Å². The Hall–Kier alpha value is -2.20. The maximum Gasteiger partial charge on any atom is 0.416 e. The van der Waals surface area contributed by atoms with Crippen LogP contribution in [0.25, 0.3) is 0 Å². The molecule has 0 bridgehead atoms. The summed E-state index contributed by atoms with van der Waals surface area (Å²) >= 11 is 0. The van der Waals surface area contributed by atoms with Gasteiger partial charge in [-0.25, -0.2) is 17.2 Å². The highest BCUT2D eigenvalue weighted by atomic mass is 32.2. The van der Waals surface area contributed by atoms with Crippen LogP contribution >= 0.6 is 0 Å². The van der Waals surface area contributed by atoms with Gasteiger partial charge < -0.3 is 9.47 Å². The van der Waals surface area contributed by atoms with E-state index in [-0.39, 0.29) is 26.2 Å². The summed E-state index contributed by atoms with van der Waals surface area (Å²) < 4.78 is 104. The number of hydrogen-bond acceptors (Lipinski definition) is 4. The van der Waals surface area contributed by atoms with Crippen molar-refractivity contribution in [3.8, 4) is 5.75 Å². The summed E-state index contributed by atoms with van der Waals surface area (Å²) in [5.41, 5.74) is -1.45. The molecule has 0 unspecified atom stereocenters. The van der Waals surface area contributed by atoms with Crippen LogP contribution in [0.4, 0.5) is 22.0 Å². The van der Waals surface area contributed by atoms with Crippen molar-refractivity contribution < 1.29 is 39.8 Å². The zero-order chi connectivity index (χ0) is 21.0. The first-order valence-electron chi connectivity index (χ1n) is 8.70. The van der Waals surface area contributed by atoms with Crippen LogP contribution in [0.1, 0.15) is 17.5 Å². The van der Waals surface area contributed by atoms with Crippen LogP contribution in [-0.4, -0.2) is 28.2 Å². The quantitative estimate of drug-likeness (QED) is 0.669. The highest BCUT2D eigenvalue weighted by Gasteiger charge is 2.59. The van der Waals surface area contributed by atoms with Crippen molar-refractivity contribution in [2.45, 2.75) is 22.2 Å². The fourth-order valence-electron chi connectivity index (χ4n) is 4.07. The Kier molecular flexibility index (Phi) is 4.62. The number of hydrogen-bond donors (Lipinski definition) is 0. The number of ether oxygens (including phenoxy) is 2. The van der Waals surface area contributed by atoms with Gasteiger partial charge in [0.1, 0.15) is 10.6 Å². The van der Waals surface area contributed by atoms with Crippen LogP contribution in [0.5, 0.6) is 5.75 Å². The van der Waals surface area contributed by atoms with Crippen molar-refractivity contribution in [3.63, 3.8) is 0 Å². The van der Waals surface area contributed by atoms with E-state index in [1.165, 1.54) is 0 Å². The molecule has 29 heavy (non-hydrogen) atoms. The zero-order valence-corrected chi connectivity index (χ0v) is 15.6. The van der Waals surface area contributed by atoms with E-state index in [2.05, 4.69) is 0 Å². The van der Waals surface area contributed by atoms with Crippen molar-refractivity contribution in [3.05, 3.63) is 59.2 Å². The minimum Gasteiger partial charge on any atom is -0.490 e. The highest BCUT2D eigenvalue weighted by Crippen LogP contribution is 2.54. The van der Waals surface area contributed by atoms with Gasteiger partial charge in [-0.3, -0.25) is 0 Å². The van der Waals surface area contributed by atoms with Crippen molar-refractivity contribution in [2.24, 2.45) is 5.92 Å². The summed E-state index contributed by atoms with van der Waals surface area (Å²) in [7, 11) is -4.43. The second-order valence-electron chi connectivity index (χ2n) is 6.98. The van der Waals surface area contributed by atoms with E-state index < -0.39 is 60.1 Å². The summed E-state index contributed by atoms with van der Waals surface area (Å²) in [5.74, 6) is -3.21. The van der Waals surface area contributed by atoms with Crippen LogP contribution in [-0.2, 0) is 25.5 Å². The molecular weight excluding hydrogens is 419 g/mol. The number of sulfone groups is 1. The van der Waals surface area contributed by atoms with Gasteiger partial charge in [-0.2, -0.15) is 13.2 Å². The molecule has 0 aromatic heterocycles. The molecule has 0 saturated carbocycles. The molecule has 4 rings (SSSR count). The molecule has 1 fully saturated rings. The van der Waals surface area contributed by atoms with Crippen LogP contribution < -0.4 is 4.74 Å². The van der Waals surface area contributed by atoms with Gasteiger partial charge in [-0.1, -0.05) is 0 Å². The summed E-state index contributed by atoms with van der Waals surface area (Å²) in [4.78, 5) is -0.408. The van der Waals surface area contributed by atoms with E-state index in [4.69, 9.17) is 9.47 Å². The van der Waals surface area contributed by atoms with Gasteiger partial charge in [0, 0.05) is 12.5 Å². The first kappa shape index (κ1) is 20.1. The Labute approximate surface area is 163 Å². The molecule has 0 N–H and O–H groups in total. The van der Waals surface area contributed by atoms with Gasteiger partial charge in [-0.15, -0.1) is 0 Å². The highest BCUT2D eigenvalue weighted by molar-refractivity contribution is 7.92. The molecule has 4 nitrogen and oxygen atoms in total. The summed E-state index contributed by atoms with van der Waals surface area (Å²) in [6, 6.07) is 4.64. The molecule has 2 atom stereocenters. The molecule has 2 aliphatic rings. The fraction of sp³-hybridized carbons (Fsp3) is 0.368. The van der Waals surface area contributed by atoms with Gasteiger partial charge >= 0.3 is 6.18 Å². The third-order valence-corrected chi connectivity index (χ3v) is 8.07. The normalized spacial score (nSPS) is 24.4. The molecule has 1 saturated heterocycles. The van der Waals surface area contributed by atoms with E-state index in [9.17, 15) is 30.4 Å². The Balaban J connectivity index is 1.94. The maximum absolute atomic E-state index is 14.8. The Morgan fingerprint density at radius 1 is 0.966 bits per heavy atom. The lowest BCUT2D eigenvalue weighted by Crippen LogP contribution is -2.54. The van der Waals surface area contributed by atoms with Crippen molar-refractivity contribution in [1.82, 2.24) is 0 Å². The summed E-state index contributed by atoms with van der Waals surface area (Å²) in [6.45, 7) is -0.339. The molecule has 156 valence electrons.